The van der Waals surface area contributed by atoms with Gasteiger partial charge in [0.2, 0.25) is 5.91 Å². The summed E-state index contributed by atoms with van der Waals surface area (Å²) in [6, 6.07) is 7.20. The number of hydrogen-bond acceptors (Lipinski definition) is 2. The summed E-state index contributed by atoms with van der Waals surface area (Å²) in [6.07, 6.45) is 0.282. The van der Waals surface area contributed by atoms with E-state index < -0.39 is 0 Å². The normalized spacial score (nSPS) is 20.2. The maximum Gasteiger partial charge on any atom is 0.292 e. The van der Waals surface area contributed by atoms with E-state index in [1.165, 1.54) is 4.90 Å². The van der Waals surface area contributed by atoms with Crippen LogP contribution < -0.4 is 10.2 Å². The zero-order chi connectivity index (χ0) is 14.2. The van der Waals surface area contributed by atoms with Crippen LogP contribution in [0.1, 0.15) is 32.8 Å². The average Bonchev–Trinajstić information content (AvgIpc) is 2.51. The number of nitrogens with zero attached hydrogens (tertiary/aromatic N) is 1. The van der Waals surface area contributed by atoms with Gasteiger partial charge in [-0.05, 0) is 45.4 Å². The van der Waals surface area contributed by atoms with Crippen LogP contribution in [0.25, 0.3) is 0 Å². The van der Waals surface area contributed by atoms with Gasteiger partial charge in [0.1, 0.15) is 0 Å². The Balaban J connectivity index is 2.24. The summed E-state index contributed by atoms with van der Waals surface area (Å²) in [5.41, 5.74) is 1.66. The summed E-state index contributed by atoms with van der Waals surface area (Å²) in [7, 11) is 0. The maximum atomic E-state index is 12.4. The summed E-state index contributed by atoms with van der Waals surface area (Å²) >= 11 is 0. The molecule has 2 amide bonds. The van der Waals surface area contributed by atoms with Gasteiger partial charge in [-0.25, -0.2) is 4.90 Å². The van der Waals surface area contributed by atoms with Gasteiger partial charge in [0, 0.05) is 0 Å². The lowest BCUT2D eigenvalue weighted by atomic mass is 10.1. The Labute approximate surface area is 113 Å². The van der Waals surface area contributed by atoms with E-state index in [9.17, 15) is 9.59 Å². The number of rotatable bonds is 2. The number of carbonyl (C=O) groups is 2. The first-order chi connectivity index (χ1) is 8.78. The van der Waals surface area contributed by atoms with Crippen LogP contribution in [0.2, 0.25) is 0 Å². The maximum absolute atomic E-state index is 12.4. The molecule has 1 aliphatic rings. The third-order valence-electron chi connectivity index (χ3n) is 3.14. The van der Waals surface area contributed by atoms with Gasteiger partial charge in [0.05, 0.1) is 17.6 Å². The smallest absolute Gasteiger partial charge is 0.292 e. The number of anilines is 1. The van der Waals surface area contributed by atoms with Crippen molar-refractivity contribution in [3.63, 3.8) is 0 Å². The minimum absolute atomic E-state index is 0.0662. The molecule has 4 nitrogen and oxygen atoms in total. The van der Waals surface area contributed by atoms with Crippen molar-refractivity contribution >= 4 is 17.5 Å². The van der Waals surface area contributed by atoms with Crippen molar-refractivity contribution in [2.45, 2.75) is 45.7 Å². The lowest BCUT2D eigenvalue weighted by Gasteiger charge is -2.21. The molecule has 1 aromatic rings. The minimum Gasteiger partial charge on any atom is -0.331 e. The monoisotopic (exact) mass is 261 g/mol. The summed E-state index contributed by atoms with van der Waals surface area (Å²) in [5, 5.41) is 1.98. The first-order valence-electron chi connectivity index (χ1n) is 6.57. The third-order valence-corrected chi connectivity index (χ3v) is 3.14. The highest BCUT2D eigenvalue weighted by Crippen LogP contribution is 2.22. The standard InChI is InChI=1S/C15H20N2O2/c1-10-6-5-7-11(8-10)17-13(18)9-12(14(17)19)16-15(2,3)4/h5-8,12,16H,9H2,1-4H3/p+1/t12-/m0/s1. The van der Waals surface area contributed by atoms with Crippen LogP contribution in [-0.4, -0.2) is 23.4 Å². The molecule has 1 saturated heterocycles. The molecule has 2 rings (SSSR count). The topological polar surface area (TPSA) is 54.0 Å². The van der Waals surface area contributed by atoms with Gasteiger partial charge in [0.25, 0.3) is 5.91 Å². The van der Waals surface area contributed by atoms with Gasteiger partial charge < -0.3 is 5.32 Å². The molecule has 0 unspecified atom stereocenters. The van der Waals surface area contributed by atoms with Crippen molar-refractivity contribution in [2.24, 2.45) is 0 Å². The number of hydrogen-bond donors (Lipinski definition) is 1. The predicted molar refractivity (Wildman–Crippen MR) is 73.8 cm³/mol. The zero-order valence-corrected chi connectivity index (χ0v) is 11.9. The summed E-state index contributed by atoms with van der Waals surface area (Å²) in [4.78, 5) is 25.8. The van der Waals surface area contributed by atoms with Crippen molar-refractivity contribution in [1.29, 1.82) is 0 Å². The van der Waals surface area contributed by atoms with Crippen molar-refractivity contribution < 1.29 is 14.9 Å². The molecular weight excluding hydrogens is 240 g/mol. The Morgan fingerprint density at radius 1 is 1.26 bits per heavy atom. The highest BCUT2D eigenvalue weighted by Gasteiger charge is 2.43. The quantitative estimate of drug-likeness (QED) is 0.807. The predicted octanol–water partition coefficient (Wildman–Crippen LogP) is 0.989. The van der Waals surface area contributed by atoms with Crippen LogP contribution in [-0.2, 0) is 9.59 Å². The molecule has 102 valence electrons. The first-order valence-corrected chi connectivity index (χ1v) is 6.57. The Morgan fingerprint density at radius 3 is 2.53 bits per heavy atom. The van der Waals surface area contributed by atoms with Gasteiger partial charge in [-0.2, -0.15) is 0 Å². The van der Waals surface area contributed by atoms with E-state index in [1.807, 2.05) is 57.3 Å². The number of quaternary nitrogens is 1. The number of nitrogens with two attached hydrogens (primary N) is 1. The van der Waals surface area contributed by atoms with E-state index >= 15 is 0 Å². The van der Waals surface area contributed by atoms with E-state index in [-0.39, 0.29) is 29.8 Å². The Hall–Kier alpha value is -1.68. The molecule has 1 atom stereocenters. The van der Waals surface area contributed by atoms with E-state index in [2.05, 4.69) is 0 Å². The zero-order valence-electron chi connectivity index (χ0n) is 11.9. The number of imide groups is 1. The summed E-state index contributed by atoms with van der Waals surface area (Å²) in [5.74, 6) is -0.216. The molecule has 0 aromatic heterocycles. The largest absolute Gasteiger partial charge is 0.331 e. The third kappa shape index (κ3) is 3.01. The first kappa shape index (κ1) is 13.7. The fourth-order valence-corrected chi connectivity index (χ4v) is 2.43. The van der Waals surface area contributed by atoms with Crippen LogP contribution in [0.5, 0.6) is 0 Å². The lowest BCUT2D eigenvalue weighted by molar-refractivity contribution is -0.734. The number of amides is 2. The van der Waals surface area contributed by atoms with Crippen LogP contribution in [0.3, 0.4) is 0 Å². The second-order valence-electron chi connectivity index (χ2n) is 6.25. The van der Waals surface area contributed by atoms with Crippen molar-refractivity contribution in [3.8, 4) is 0 Å². The van der Waals surface area contributed by atoms with Gasteiger partial charge >= 0.3 is 0 Å². The van der Waals surface area contributed by atoms with Crippen LogP contribution in [0.15, 0.2) is 24.3 Å². The van der Waals surface area contributed by atoms with Crippen LogP contribution >= 0.6 is 0 Å². The molecule has 0 spiro atoms. The van der Waals surface area contributed by atoms with Crippen molar-refractivity contribution in [3.05, 3.63) is 29.8 Å². The van der Waals surface area contributed by atoms with Gasteiger partial charge in [-0.15, -0.1) is 0 Å². The van der Waals surface area contributed by atoms with E-state index in [1.54, 1.807) is 0 Å². The number of aryl methyl sites for hydroxylation is 1. The molecule has 1 fully saturated rings. The molecule has 0 bridgehead atoms. The Kier molecular flexibility index (Phi) is 3.45. The Bertz CT molecular complexity index is 517. The molecular formula is C15H21N2O2+. The number of benzene rings is 1. The van der Waals surface area contributed by atoms with Crippen molar-refractivity contribution in [2.75, 3.05) is 4.90 Å². The average molecular weight is 261 g/mol. The number of carbonyl (C=O) groups excluding carboxylic acids is 2. The Morgan fingerprint density at radius 2 is 1.95 bits per heavy atom. The van der Waals surface area contributed by atoms with E-state index in [0.717, 1.165) is 5.56 Å². The fourth-order valence-electron chi connectivity index (χ4n) is 2.43. The second kappa shape index (κ2) is 4.78. The molecule has 0 saturated carbocycles. The SMILES string of the molecule is Cc1cccc(N2C(=O)C[C@H]([NH2+]C(C)(C)C)C2=O)c1. The minimum atomic E-state index is -0.298. The van der Waals surface area contributed by atoms with Crippen LogP contribution in [0.4, 0.5) is 5.69 Å². The second-order valence-corrected chi connectivity index (χ2v) is 6.25. The van der Waals surface area contributed by atoms with E-state index in [4.69, 9.17) is 0 Å². The lowest BCUT2D eigenvalue weighted by Crippen LogP contribution is -3.00. The van der Waals surface area contributed by atoms with E-state index in [0.29, 0.717) is 5.69 Å². The van der Waals surface area contributed by atoms with Gasteiger partial charge in [0.15, 0.2) is 6.04 Å². The molecule has 0 aliphatic carbocycles. The molecule has 2 N–H and O–H groups in total. The summed E-state index contributed by atoms with van der Waals surface area (Å²) in [6.45, 7) is 8.08. The van der Waals surface area contributed by atoms with Gasteiger partial charge in [-0.3, -0.25) is 9.59 Å². The molecule has 0 radical (unpaired) electrons. The highest BCUT2D eigenvalue weighted by molar-refractivity contribution is 6.21. The summed E-state index contributed by atoms with van der Waals surface area (Å²) < 4.78 is 0. The van der Waals surface area contributed by atoms with Crippen LogP contribution in [0, 0.1) is 6.92 Å². The molecule has 1 heterocycles. The molecule has 19 heavy (non-hydrogen) atoms. The fraction of sp³-hybridized carbons (Fsp3) is 0.467. The van der Waals surface area contributed by atoms with Gasteiger partial charge in [-0.1, -0.05) is 12.1 Å². The highest BCUT2D eigenvalue weighted by atomic mass is 16.2. The molecule has 4 heteroatoms. The molecule has 1 aromatic carbocycles. The molecule has 1 aliphatic heterocycles. The van der Waals surface area contributed by atoms with Crippen molar-refractivity contribution in [1.82, 2.24) is 0 Å².